The molecule has 1 saturated carbocycles. The van der Waals surface area contributed by atoms with Crippen LogP contribution >= 0.6 is 0 Å². The van der Waals surface area contributed by atoms with E-state index in [0.717, 1.165) is 6.54 Å². The van der Waals surface area contributed by atoms with Gasteiger partial charge in [-0.1, -0.05) is 0 Å². The van der Waals surface area contributed by atoms with Crippen molar-refractivity contribution in [3.63, 3.8) is 0 Å². The molecule has 3 atom stereocenters. The molecule has 2 rings (SSSR count). The van der Waals surface area contributed by atoms with Crippen LogP contribution in [0.5, 0.6) is 0 Å². The van der Waals surface area contributed by atoms with Crippen LogP contribution in [0.15, 0.2) is 0 Å². The Labute approximate surface area is 90.8 Å². The topological polar surface area (TPSA) is 55.6 Å². The molecule has 4 nitrogen and oxygen atoms in total. The SMILES string of the molecule is CC(C)(C)OC(=O)N1C[C@H]2CC2C1CN. The molecule has 1 aliphatic carbocycles. The summed E-state index contributed by atoms with van der Waals surface area (Å²) in [7, 11) is 0. The number of hydrogen-bond acceptors (Lipinski definition) is 3. The smallest absolute Gasteiger partial charge is 0.410 e. The Kier molecular flexibility index (Phi) is 2.41. The van der Waals surface area contributed by atoms with Crippen LogP contribution in [0.3, 0.4) is 0 Å². The van der Waals surface area contributed by atoms with Crippen LogP contribution in [-0.4, -0.2) is 35.7 Å². The number of amides is 1. The van der Waals surface area contributed by atoms with E-state index in [1.54, 1.807) is 0 Å². The summed E-state index contributed by atoms with van der Waals surface area (Å²) >= 11 is 0. The van der Waals surface area contributed by atoms with Crippen molar-refractivity contribution in [2.24, 2.45) is 17.6 Å². The molecule has 0 aromatic carbocycles. The van der Waals surface area contributed by atoms with Crippen LogP contribution < -0.4 is 5.73 Å². The van der Waals surface area contributed by atoms with Gasteiger partial charge in [-0.3, -0.25) is 0 Å². The number of carbonyl (C=O) groups excluding carboxylic acids is 1. The van der Waals surface area contributed by atoms with Crippen LogP contribution in [0.1, 0.15) is 27.2 Å². The highest BCUT2D eigenvalue weighted by atomic mass is 16.6. The number of fused-ring (bicyclic) bond motifs is 1. The van der Waals surface area contributed by atoms with E-state index in [0.29, 0.717) is 18.4 Å². The van der Waals surface area contributed by atoms with Gasteiger partial charge in [-0.25, -0.2) is 4.79 Å². The van der Waals surface area contributed by atoms with E-state index in [9.17, 15) is 4.79 Å². The first-order valence-corrected chi connectivity index (χ1v) is 5.62. The standard InChI is InChI=1S/C11H20N2O2/c1-11(2,3)15-10(14)13-6-7-4-8(7)9(13)5-12/h7-9H,4-6,12H2,1-3H3/t7-,8?,9?/m1/s1. The van der Waals surface area contributed by atoms with Gasteiger partial charge in [0, 0.05) is 13.1 Å². The zero-order valence-corrected chi connectivity index (χ0v) is 9.69. The Bertz CT molecular complexity index is 272. The van der Waals surface area contributed by atoms with Crippen LogP contribution in [0, 0.1) is 11.8 Å². The fourth-order valence-electron chi connectivity index (χ4n) is 2.40. The summed E-state index contributed by atoms with van der Waals surface area (Å²) in [5.41, 5.74) is 5.28. The molecule has 0 radical (unpaired) electrons. The van der Waals surface area contributed by atoms with Gasteiger partial charge in [0.2, 0.25) is 0 Å². The number of rotatable bonds is 1. The van der Waals surface area contributed by atoms with Gasteiger partial charge in [0.25, 0.3) is 0 Å². The van der Waals surface area contributed by atoms with E-state index in [2.05, 4.69) is 0 Å². The lowest BCUT2D eigenvalue weighted by Gasteiger charge is -2.29. The Hall–Kier alpha value is -0.770. The average molecular weight is 212 g/mol. The molecule has 2 N–H and O–H groups in total. The Morgan fingerprint density at radius 3 is 2.73 bits per heavy atom. The monoisotopic (exact) mass is 212 g/mol. The van der Waals surface area contributed by atoms with Gasteiger partial charge in [0.15, 0.2) is 0 Å². The summed E-state index contributed by atoms with van der Waals surface area (Å²) in [5, 5.41) is 0. The first-order chi connectivity index (χ1) is 6.92. The molecule has 86 valence electrons. The van der Waals surface area contributed by atoms with Crippen molar-refractivity contribution >= 4 is 6.09 Å². The third-order valence-corrected chi connectivity index (χ3v) is 3.17. The molecule has 1 saturated heterocycles. The maximum absolute atomic E-state index is 11.8. The molecule has 15 heavy (non-hydrogen) atoms. The lowest BCUT2D eigenvalue weighted by Crippen LogP contribution is -2.45. The first kappa shape index (κ1) is 10.7. The van der Waals surface area contributed by atoms with E-state index >= 15 is 0 Å². The molecule has 0 aromatic rings. The van der Waals surface area contributed by atoms with Crippen LogP contribution in [0.4, 0.5) is 4.79 Å². The van der Waals surface area contributed by atoms with Gasteiger partial charge in [0.05, 0.1) is 6.04 Å². The maximum Gasteiger partial charge on any atom is 0.410 e. The molecule has 2 aliphatic rings. The van der Waals surface area contributed by atoms with Crippen molar-refractivity contribution in [3.8, 4) is 0 Å². The second-order valence-corrected chi connectivity index (χ2v) is 5.60. The number of likely N-dealkylation sites (tertiary alicyclic amines) is 1. The largest absolute Gasteiger partial charge is 0.444 e. The van der Waals surface area contributed by atoms with Gasteiger partial charge in [-0.05, 0) is 39.0 Å². The van der Waals surface area contributed by atoms with Crippen molar-refractivity contribution in [1.82, 2.24) is 4.90 Å². The zero-order valence-electron chi connectivity index (χ0n) is 9.69. The fraction of sp³-hybridized carbons (Fsp3) is 0.909. The third-order valence-electron chi connectivity index (χ3n) is 3.17. The van der Waals surface area contributed by atoms with Crippen molar-refractivity contribution in [2.45, 2.75) is 38.8 Å². The van der Waals surface area contributed by atoms with Gasteiger partial charge < -0.3 is 15.4 Å². The molecule has 0 bridgehead atoms. The highest BCUT2D eigenvalue weighted by molar-refractivity contribution is 5.69. The summed E-state index contributed by atoms with van der Waals surface area (Å²) in [6, 6.07) is 0.213. The minimum Gasteiger partial charge on any atom is -0.444 e. The van der Waals surface area contributed by atoms with Crippen molar-refractivity contribution in [2.75, 3.05) is 13.1 Å². The molecule has 0 aromatic heterocycles. The highest BCUT2D eigenvalue weighted by Gasteiger charge is 2.54. The lowest BCUT2D eigenvalue weighted by atomic mass is 10.2. The molecular weight excluding hydrogens is 192 g/mol. The fourth-order valence-corrected chi connectivity index (χ4v) is 2.40. The second kappa shape index (κ2) is 3.37. The van der Waals surface area contributed by atoms with Crippen LogP contribution in [0.2, 0.25) is 0 Å². The normalized spacial score (nSPS) is 33.9. The van der Waals surface area contributed by atoms with Crippen LogP contribution in [-0.2, 0) is 4.74 Å². The Morgan fingerprint density at radius 1 is 1.53 bits per heavy atom. The number of hydrogen-bond donors (Lipinski definition) is 1. The van der Waals surface area contributed by atoms with Crippen molar-refractivity contribution in [3.05, 3.63) is 0 Å². The predicted molar refractivity (Wildman–Crippen MR) is 57.4 cm³/mol. The molecule has 2 unspecified atom stereocenters. The van der Waals surface area contributed by atoms with E-state index in [1.165, 1.54) is 6.42 Å². The summed E-state index contributed by atoms with van der Waals surface area (Å²) < 4.78 is 5.35. The summed E-state index contributed by atoms with van der Waals surface area (Å²) in [6.45, 7) is 7.05. The average Bonchev–Trinajstić information content (AvgIpc) is 2.75. The minimum absolute atomic E-state index is 0.204. The van der Waals surface area contributed by atoms with E-state index in [1.807, 2.05) is 25.7 Å². The zero-order chi connectivity index (χ0) is 11.2. The molecule has 2 fully saturated rings. The summed E-state index contributed by atoms with van der Waals surface area (Å²) in [4.78, 5) is 13.7. The lowest BCUT2D eigenvalue weighted by molar-refractivity contribution is 0.0200. The van der Waals surface area contributed by atoms with E-state index in [-0.39, 0.29) is 12.1 Å². The summed E-state index contributed by atoms with van der Waals surface area (Å²) in [5.74, 6) is 1.33. The first-order valence-electron chi connectivity index (χ1n) is 5.62. The molecule has 0 spiro atoms. The number of nitrogens with zero attached hydrogens (tertiary/aromatic N) is 1. The minimum atomic E-state index is -0.414. The van der Waals surface area contributed by atoms with Crippen molar-refractivity contribution < 1.29 is 9.53 Å². The number of nitrogens with two attached hydrogens (primary N) is 1. The molecule has 1 amide bonds. The quantitative estimate of drug-likeness (QED) is 0.710. The highest BCUT2D eigenvalue weighted by Crippen LogP contribution is 2.49. The number of piperidine rings is 1. The Balaban J connectivity index is 1.96. The third kappa shape index (κ3) is 2.09. The van der Waals surface area contributed by atoms with E-state index < -0.39 is 5.60 Å². The Morgan fingerprint density at radius 2 is 2.20 bits per heavy atom. The molecule has 4 heteroatoms. The van der Waals surface area contributed by atoms with E-state index in [4.69, 9.17) is 10.5 Å². The molecule has 1 heterocycles. The van der Waals surface area contributed by atoms with Gasteiger partial charge in [-0.15, -0.1) is 0 Å². The van der Waals surface area contributed by atoms with Gasteiger partial charge in [-0.2, -0.15) is 0 Å². The number of ether oxygens (including phenoxy) is 1. The predicted octanol–water partition coefficient (Wildman–Crippen LogP) is 1.20. The van der Waals surface area contributed by atoms with Crippen LogP contribution in [0.25, 0.3) is 0 Å². The maximum atomic E-state index is 11.8. The van der Waals surface area contributed by atoms with Gasteiger partial charge in [0.1, 0.15) is 5.60 Å². The number of carbonyl (C=O) groups is 1. The summed E-state index contributed by atoms with van der Waals surface area (Å²) in [6.07, 6.45) is 1.03. The molecule has 1 aliphatic heterocycles. The van der Waals surface area contributed by atoms with Gasteiger partial charge >= 0.3 is 6.09 Å². The molecular formula is C11H20N2O2. The second-order valence-electron chi connectivity index (χ2n) is 5.60. The van der Waals surface area contributed by atoms with Crippen molar-refractivity contribution in [1.29, 1.82) is 0 Å².